The van der Waals surface area contributed by atoms with Gasteiger partial charge in [-0.1, -0.05) is 36.4 Å². The third kappa shape index (κ3) is 4.19. The number of anilines is 1. The van der Waals surface area contributed by atoms with Crippen molar-refractivity contribution in [3.05, 3.63) is 65.2 Å². The minimum Gasteiger partial charge on any atom is -0.284 e. The molecule has 0 unspecified atom stereocenters. The van der Waals surface area contributed by atoms with Crippen molar-refractivity contribution in [2.45, 2.75) is 33.2 Å². The molecule has 0 bridgehead atoms. The summed E-state index contributed by atoms with van der Waals surface area (Å²) in [6.07, 6.45) is 0.578. The Kier molecular flexibility index (Phi) is 5.32. The van der Waals surface area contributed by atoms with Gasteiger partial charge in [0.1, 0.15) is 0 Å². The number of amides is 1. The number of carbonyl (C=O) groups is 1. The zero-order chi connectivity index (χ0) is 19.6. The van der Waals surface area contributed by atoms with Gasteiger partial charge in [-0.25, -0.2) is 13.4 Å². The number of nitrogens with zero attached hydrogens (tertiary/aromatic N) is 2. The standard InChI is InChI=1S/C20H23N3O3S/c1-4-27(25,26)22-17-10-7-9-16(12-17)19-13-20(23(21-19)15(3)24)18-11-6-5-8-14(18)2/h5-12,20,22H,4,13H2,1-3H3/t20-/m0/s1. The van der Waals surface area contributed by atoms with Crippen LogP contribution < -0.4 is 4.72 Å². The van der Waals surface area contributed by atoms with Gasteiger partial charge in [0.15, 0.2) is 0 Å². The zero-order valence-corrected chi connectivity index (χ0v) is 16.5. The van der Waals surface area contributed by atoms with Gasteiger partial charge in [0.25, 0.3) is 0 Å². The van der Waals surface area contributed by atoms with Crippen molar-refractivity contribution < 1.29 is 13.2 Å². The second kappa shape index (κ2) is 7.52. The van der Waals surface area contributed by atoms with Gasteiger partial charge in [-0.15, -0.1) is 0 Å². The summed E-state index contributed by atoms with van der Waals surface area (Å²) in [5.74, 6) is -0.118. The molecule has 0 saturated carbocycles. The Labute approximate surface area is 159 Å². The normalized spacial score (nSPS) is 16.9. The molecule has 6 nitrogen and oxygen atoms in total. The molecule has 0 spiro atoms. The highest BCUT2D eigenvalue weighted by molar-refractivity contribution is 7.92. The van der Waals surface area contributed by atoms with Crippen molar-refractivity contribution in [1.29, 1.82) is 0 Å². The summed E-state index contributed by atoms with van der Waals surface area (Å²) in [5.41, 5.74) is 4.22. The van der Waals surface area contributed by atoms with Crippen molar-refractivity contribution in [2.24, 2.45) is 5.10 Å². The predicted octanol–water partition coefficient (Wildman–Crippen LogP) is 3.45. The van der Waals surface area contributed by atoms with Gasteiger partial charge in [0.05, 0.1) is 17.5 Å². The molecule has 1 N–H and O–H groups in total. The van der Waals surface area contributed by atoms with Crippen LogP contribution in [0, 0.1) is 6.92 Å². The third-order valence-corrected chi connectivity index (χ3v) is 5.94. The fourth-order valence-corrected chi connectivity index (χ4v) is 3.82. The molecule has 0 fully saturated rings. The molecular formula is C20H23N3O3S. The number of hydrogen-bond donors (Lipinski definition) is 1. The summed E-state index contributed by atoms with van der Waals surface area (Å²) in [6.45, 7) is 5.11. The van der Waals surface area contributed by atoms with Crippen molar-refractivity contribution in [2.75, 3.05) is 10.5 Å². The van der Waals surface area contributed by atoms with Crippen LogP contribution in [0.15, 0.2) is 53.6 Å². The monoisotopic (exact) mass is 385 g/mol. The average Bonchev–Trinajstić information content (AvgIpc) is 3.07. The summed E-state index contributed by atoms with van der Waals surface area (Å²) in [5, 5.41) is 6.05. The van der Waals surface area contributed by atoms with E-state index in [1.807, 2.05) is 37.3 Å². The second-order valence-corrected chi connectivity index (χ2v) is 8.58. The van der Waals surface area contributed by atoms with Gasteiger partial charge in [-0.2, -0.15) is 5.10 Å². The SMILES string of the molecule is CCS(=O)(=O)Nc1cccc(C2=NN(C(C)=O)[C@H](c3ccccc3C)C2)c1. The van der Waals surface area contributed by atoms with Crippen LogP contribution in [0.5, 0.6) is 0 Å². The quantitative estimate of drug-likeness (QED) is 0.856. The van der Waals surface area contributed by atoms with Crippen LogP contribution in [-0.2, 0) is 14.8 Å². The Balaban J connectivity index is 1.93. The molecule has 7 heteroatoms. The maximum atomic E-state index is 12.1. The zero-order valence-electron chi connectivity index (χ0n) is 15.6. The number of nitrogens with one attached hydrogen (secondary N) is 1. The maximum absolute atomic E-state index is 12.1. The van der Waals surface area contributed by atoms with E-state index in [-0.39, 0.29) is 17.7 Å². The lowest BCUT2D eigenvalue weighted by Crippen LogP contribution is -2.24. The molecule has 142 valence electrons. The van der Waals surface area contributed by atoms with Gasteiger partial charge >= 0.3 is 0 Å². The van der Waals surface area contributed by atoms with E-state index in [4.69, 9.17) is 0 Å². The highest BCUT2D eigenvalue weighted by atomic mass is 32.2. The molecule has 1 aliphatic rings. The molecule has 2 aromatic rings. The smallest absolute Gasteiger partial charge is 0.240 e. The lowest BCUT2D eigenvalue weighted by atomic mass is 9.95. The first kappa shape index (κ1) is 19.1. The molecular weight excluding hydrogens is 362 g/mol. The molecule has 0 aromatic heterocycles. The first-order chi connectivity index (χ1) is 12.8. The average molecular weight is 385 g/mol. The topological polar surface area (TPSA) is 78.8 Å². The number of sulfonamides is 1. The minimum atomic E-state index is -3.35. The number of rotatable bonds is 5. The van der Waals surface area contributed by atoms with E-state index in [0.717, 1.165) is 22.4 Å². The van der Waals surface area contributed by atoms with Crippen molar-refractivity contribution in [3.63, 3.8) is 0 Å². The molecule has 1 amide bonds. The van der Waals surface area contributed by atoms with E-state index in [9.17, 15) is 13.2 Å². The van der Waals surface area contributed by atoms with Crippen LogP contribution >= 0.6 is 0 Å². The molecule has 0 radical (unpaired) electrons. The van der Waals surface area contributed by atoms with Crippen LogP contribution in [-0.4, -0.2) is 30.8 Å². The van der Waals surface area contributed by atoms with Gasteiger partial charge in [0, 0.05) is 19.0 Å². The van der Waals surface area contributed by atoms with E-state index >= 15 is 0 Å². The number of hydrogen-bond acceptors (Lipinski definition) is 4. The van der Waals surface area contributed by atoms with Crippen molar-refractivity contribution >= 4 is 27.3 Å². The molecule has 27 heavy (non-hydrogen) atoms. The van der Waals surface area contributed by atoms with Crippen LogP contribution in [0.1, 0.15) is 43.0 Å². The lowest BCUT2D eigenvalue weighted by molar-refractivity contribution is -0.130. The van der Waals surface area contributed by atoms with E-state index in [0.29, 0.717) is 12.1 Å². The van der Waals surface area contributed by atoms with E-state index in [1.54, 1.807) is 25.1 Å². The summed E-state index contributed by atoms with van der Waals surface area (Å²) in [7, 11) is -3.35. The Morgan fingerprint density at radius 1 is 1.22 bits per heavy atom. The fourth-order valence-electron chi connectivity index (χ4n) is 3.19. The van der Waals surface area contributed by atoms with Crippen molar-refractivity contribution in [1.82, 2.24) is 5.01 Å². The highest BCUT2D eigenvalue weighted by Gasteiger charge is 2.32. The Hall–Kier alpha value is -2.67. The number of carbonyl (C=O) groups excluding carboxylic acids is 1. The Morgan fingerprint density at radius 3 is 2.63 bits per heavy atom. The second-order valence-electron chi connectivity index (χ2n) is 6.57. The fraction of sp³-hybridized carbons (Fsp3) is 0.300. The largest absolute Gasteiger partial charge is 0.284 e. The number of aryl methyl sites for hydroxylation is 1. The molecule has 3 rings (SSSR count). The van der Waals surface area contributed by atoms with Crippen LogP contribution in [0.2, 0.25) is 0 Å². The van der Waals surface area contributed by atoms with E-state index in [1.165, 1.54) is 11.9 Å². The highest BCUT2D eigenvalue weighted by Crippen LogP contribution is 2.34. The van der Waals surface area contributed by atoms with E-state index < -0.39 is 10.0 Å². The lowest BCUT2D eigenvalue weighted by Gasteiger charge is -2.22. The van der Waals surface area contributed by atoms with Gasteiger partial charge < -0.3 is 0 Å². The summed E-state index contributed by atoms with van der Waals surface area (Å²) < 4.78 is 26.2. The summed E-state index contributed by atoms with van der Waals surface area (Å²) in [4.78, 5) is 12.1. The maximum Gasteiger partial charge on any atom is 0.240 e. The van der Waals surface area contributed by atoms with Gasteiger partial charge in [0.2, 0.25) is 15.9 Å². The van der Waals surface area contributed by atoms with Crippen molar-refractivity contribution in [3.8, 4) is 0 Å². The molecule has 0 saturated heterocycles. The molecule has 1 heterocycles. The number of hydrazone groups is 1. The molecule has 1 aliphatic heterocycles. The molecule has 2 aromatic carbocycles. The van der Waals surface area contributed by atoms with E-state index in [2.05, 4.69) is 9.82 Å². The first-order valence-corrected chi connectivity index (χ1v) is 10.5. The summed E-state index contributed by atoms with van der Waals surface area (Å²) >= 11 is 0. The van der Waals surface area contributed by atoms with Crippen LogP contribution in [0.4, 0.5) is 5.69 Å². The number of benzene rings is 2. The Bertz CT molecular complexity index is 999. The van der Waals surface area contributed by atoms with Gasteiger partial charge in [-0.3, -0.25) is 9.52 Å². The Morgan fingerprint density at radius 2 is 1.96 bits per heavy atom. The molecule has 1 atom stereocenters. The minimum absolute atomic E-state index is 0.00560. The summed E-state index contributed by atoms with van der Waals surface area (Å²) in [6, 6.07) is 14.9. The third-order valence-electron chi connectivity index (χ3n) is 4.63. The van der Waals surface area contributed by atoms with Crippen LogP contribution in [0.3, 0.4) is 0 Å². The molecule has 0 aliphatic carbocycles. The van der Waals surface area contributed by atoms with Gasteiger partial charge in [-0.05, 0) is 42.7 Å². The first-order valence-electron chi connectivity index (χ1n) is 8.84. The van der Waals surface area contributed by atoms with Crippen LogP contribution in [0.25, 0.3) is 0 Å². The predicted molar refractivity (Wildman–Crippen MR) is 107 cm³/mol.